The molecule has 0 aliphatic carbocycles. The van der Waals surface area contributed by atoms with E-state index >= 15 is 0 Å². The summed E-state index contributed by atoms with van der Waals surface area (Å²) >= 11 is 7.88. The summed E-state index contributed by atoms with van der Waals surface area (Å²) in [4.78, 5) is 3.41. The number of alkyl halides is 1. The Hall–Kier alpha value is -0.450. The minimum absolute atomic E-state index is 0.374. The van der Waals surface area contributed by atoms with Crippen molar-refractivity contribution in [1.82, 2.24) is 0 Å². The van der Waals surface area contributed by atoms with Crippen molar-refractivity contribution < 1.29 is 4.74 Å². The monoisotopic (exact) mass is 368 g/mol. The van der Waals surface area contributed by atoms with Crippen LogP contribution in [0.2, 0.25) is 0 Å². The first-order chi connectivity index (χ1) is 9.78. The molecule has 1 aromatic heterocycles. The molecule has 1 aromatic carbocycles. The average Bonchev–Trinajstić information content (AvgIpc) is 2.92. The van der Waals surface area contributed by atoms with Gasteiger partial charge in [0.2, 0.25) is 0 Å². The van der Waals surface area contributed by atoms with E-state index in [2.05, 4.69) is 34.1 Å². The number of hydrogen-bond acceptors (Lipinski definition) is 3. The third kappa shape index (κ3) is 3.07. The standard InChI is InChI=1S/C16H17BrOS2/c1-18-14-5-3-2-4-11(14)8-13(17)16-9-12-10-19-7-6-15(12)20-16/h2-5,9,13H,6-8,10H2,1H3. The summed E-state index contributed by atoms with van der Waals surface area (Å²) in [6.45, 7) is 0. The predicted molar refractivity (Wildman–Crippen MR) is 92.6 cm³/mol. The Labute approximate surface area is 136 Å². The number of thioether (sulfide) groups is 1. The van der Waals surface area contributed by atoms with Gasteiger partial charge in [-0.25, -0.2) is 0 Å². The predicted octanol–water partition coefficient (Wildman–Crippen LogP) is 5.22. The van der Waals surface area contributed by atoms with Crippen LogP contribution in [-0.4, -0.2) is 12.9 Å². The molecule has 0 radical (unpaired) electrons. The average molecular weight is 369 g/mol. The number of benzene rings is 1. The molecule has 1 aliphatic rings. The summed E-state index contributed by atoms with van der Waals surface area (Å²) in [6, 6.07) is 10.7. The van der Waals surface area contributed by atoms with Crippen molar-refractivity contribution >= 4 is 39.0 Å². The highest BCUT2D eigenvalue weighted by Crippen LogP contribution is 2.39. The molecular formula is C16H17BrOS2. The molecule has 0 fully saturated rings. The lowest BCUT2D eigenvalue weighted by molar-refractivity contribution is 0.409. The van der Waals surface area contributed by atoms with E-state index in [1.165, 1.54) is 28.4 Å². The lowest BCUT2D eigenvalue weighted by Gasteiger charge is -2.11. The molecule has 4 heteroatoms. The lowest BCUT2D eigenvalue weighted by atomic mass is 10.1. The summed E-state index contributed by atoms with van der Waals surface area (Å²) in [5, 5.41) is 0. The van der Waals surface area contributed by atoms with E-state index in [1.807, 2.05) is 35.2 Å². The third-order valence-corrected chi connectivity index (χ3v) is 7.03. The molecule has 2 aromatic rings. The van der Waals surface area contributed by atoms with Crippen molar-refractivity contribution in [3.05, 3.63) is 51.2 Å². The summed E-state index contributed by atoms with van der Waals surface area (Å²) < 4.78 is 5.44. The van der Waals surface area contributed by atoms with Gasteiger partial charge in [-0.15, -0.1) is 11.3 Å². The Morgan fingerprint density at radius 2 is 2.20 bits per heavy atom. The van der Waals surface area contributed by atoms with E-state index in [-0.39, 0.29) is 0 Å². The Bertz CT molecular complexity index is 570. The molecule has 0 saturated heterocycles. The van der Waals surface area contributed by atoms with Crippen molar-refractivity contribution in [3.8, 4) is 5.75 Å². The molecular weight excluding hydrogens is 352 g/mol. The van der Waals surface area contributed by atoms with Gasteiger partial charge in [0.05, 0.1) is 11.9 Å². The quantitative estimate of drug-likeness (QED) is 0.683. The molecule has 1 nitrogen and oxygen atoms in total. The van der Waals surface area contributed by atoms with Gasteiger partial charge in [0.1, 0.15) is 5.75 Å². The van der Waals surface area contributed by atoms with Crippen LogP contribution in [0.5, 0.6) is 5.75 Å². The molecule has 2 heterocycles. The molecule has 1 aliphatic heterocycles. The van der Waals surface area contributed by atoms with Crippen molar-refractivity contribution in [1.29, 1.82) is 0 Å². The topological polar surface area (TPSA) is 9.23 Å². The van der Waals surface area contributed by atoms with E-state index in [1.54, 1.807) is 17.6 Å². The van der Waals surface area contributed by atoms with E-state index in [9.17, 15) is 0 Å². The van der Waals surface area contributed by atoms with Crippen molar-refractivity contribution in [2.45, 2.75) is 23.4 Å². The normalized spacial score (nSPS) is 15.7. The molecule has 20 heavy (non-hydrogen) atoms. The Morgan fingerprint density at radius 1 is 1.35 bits per heavy atom. The number of thiophene rings is 1. The lowest BCUT2D eigenvalue weighted by Crippen LogP contribution is -1.97. The number of methoxy groups -OCH3 is 1. The van der Waals surface area contributed by atoms with Gasteiger partial charge in [0.15, 0.2) is 0 Å². The van der Waals surface area contributed by atoms with Gasteiger partial charge in [-0.3, -0.25) is 0 Å². The van der Waals surface area contributed by atoms with Crippen molar-refractivity contribution in [2.75, 3.05) is 12.9 Å². The molecule has 1 atom stereocenters. The number of halogens is 1. The maximum absolute atomic E-state index is 5.44. The van der Waals surface area contributed by atoms with Crippen LogP contribution in [-0.2, 0) is 18.6 Å². The maximum Gasteiger partial charge on any atom is 0.122 e. The van der Waals surface area contributed by atoms with Gasteiger partial charge in [0.25, 0.3) is 0 Å². The zero-order valence-corrected chi connectivity index (χ0v) is 14.6. The first-order valence-electron chi connectivity index (χ1n) is 6.73. The highest BCUT2D eigenvalue weighted by molar-refractivity contribution is 9.09. The zero-order chi connectivity index (χ0) is 13.9. The number of ether oxygens (including phenoxy) is 1. The van der Waals surface area contributed by atoms with Gasteiger partial charge < -0.3 is 4.74 Å². The van der Waals surface area contributed by atoms with Gasteiger partial charge in [-0.05, 0) is 41.9 Å². The van der Waals surface area contributed by atoms with E-state index in [0.717, 1.165) is 12.2 Å². The van der Waals surface area contributed by atoms with Crippen molar-refractivity contribution in [3.63, 3.8) is 0 Å². The van der Waals surface area contributed by atoms with E-state index < -0.39 is 0 Å². The SMILES string of the molecule is COc1ccccc1CC(Br)c1cc2c(s1)CCSC2. The second-order valence-electron chi connectivity index (χ2n) is 4.88. The highest BCUT2D eigenvalue weighted by Gasteiger charge is 2.19. The summed E-state index contributed by atoms with van der Waals surface area (Å²) in [5.41, 5.74) is 2.81. The van der Waals surface area contributed by atoms with Crippen LogP contribution >= 0.6 is 39.0 Å². The fraction of sp³-hybridized carbons (Fsp3) is 0.375. The van der Waals surface area contributed by atoms with Crippen LogP contribution in [0.25, 0.3) is 0 Å². The fourth-order valence-electron chi connectivity index (χ4n) is 2.49. The molecule has 0 bridgehead atoms. The molecule has 3 rings (SSSR count). The number of aryl methyl sites for hydroxylation is 1. The first kappa shape index (κ1) is 14.5. The number of para-hydroxylation sites is 1. The van der Waals surface area contributed by atoms with Crippen LogP contribution in [0.1, 0.15) is 25.7 Å². The molecule has 0 spiro atoms. The Kier molecular flexibility index (Phi) is 4.74. The van der Waals surface area contributed by atoms with Crippen LogP contribution in [0.4, 0.5) is 0 Å². The second kappa shape index (κ2) is 6.54. The summed E-state index contributed by atoms with van der Waals surface area (Å²) in [7, 11) is 1.74. The molecule has 0 saturated carbocycles. The van der Waals surface area contributed by atoms with Gasteiger partial charge in [0, 0.05) is 15.5 Å². The fourth-order valence-corrected chi connectivity index (χ4v) is 5.61. The Balaban J connectivity index is 1.79. The van der Waals surface area contributed by atoms with Gasteiger partial charge >= 0.3 is 0 Å². The van der Waals surface area contributed by atoms with Crippen LogP contribution in [0.15, 0.2) is 30.3 Å². The number of fused-ring (bicyclic) bond motifs is 1. The summed E-state index contributed by atoms with van der Waals surface area (Å²) in [6.07, 6.45) is 2.20. The second-order valence-corrected chi connectivity index (χ2v) is 8.26. The molecule has 106 valence electrons. The maximum atomic E-state index is 5.44. The van der Waals surface area contributed by atoms with E-state index in [0.29, 0.717) is 4.83 Å². The third-order valence-electron chi connectivity index (χ3n) is 3.55. The Morgan fingerprint density at radius 3 is 3.00 bits per heavy atom. The van der Waals surface area contributed by atoms with Crippen LogP contribution in [0.3, 0.4) is 0 Å². The summed E-state index contributed by atoms with van der Waals surface area (Å²) in [5.74, 6) is 3.43. The largest absolute Gasteiger partial charge is 0.496 e. The van der Waals surface area contributed by atoms with Crippen LogP contribution in [0, 0.1) is 0 Å². The van der Waals surface area contributed by atoms with Crippen LogP contribution < -0.4 is 4.74 Å². The highest BCUT2D eigenvalue weighted by atomic mass is 79.9. The van der Waals surface area contributed by atoms with Crippen molar-refractivity contribution in [2.24, 2.45) is 0 Å². The smallest absolute Gasteiger partial charge is 0.122 e. The number of hydrogen-bond donors (Lipinski definition) is 0. The van der Waals surface area contributed by atoms with Gasteiger partial charge in [-0.2, -0.15) is 11.8 Å². The van der Waals surface area contributed by atoms with Gasteiger partial charge in [-0.1, -0.05) is 34.1 Å². The molecule has 0 N–H and O–H groups in total. The number of rotatable bonds is 4. The zero-order valence-electron chi connectivity index (χ0n) is 11.4. The minimum Gasteiger partial charge on any atom is -0.496 e. The van der Waals surface area contributed by atoms with E-state index in [4.69, 9.17) is 4.74 Å². The molecule has 0 amide bonds. The molecule has 1 unspecified atom stereocenters. The minimum atomic E-state index is 0.374. The first-order valence-corrected chi connectivity index (χ1v) is 9.62.